The topological polar surface area (TPSA) is 115 Å². The average Bonchev–Trinajstić information content (AvgIpc) is 3.26. The zero-order valence-electron chi connectivity index (χ0n) is 13.8. The van der Waals surface area contributed by atoms with E-state index in [0.717, 1.165) is 17.0 Å². The van der Waals surface area contributed by atoms with Crippen molar-refractivity contribution in [3.8, 4) is 11.3 Å². The maximum Gasteiger partial charge on any atom is 0.328 e. The number of carbonyl (C=O) groups is 2. The van der Waals surface area contributed by atoms with Gasteiger partial charge in [0.05, 0.1) is 23.1 Å². The minimum absolute atomic E-state index is 0.266. The summed E-state index contributed by atoms with van der Waals surface area (Å²) in [6.07, 6.45) is 4.59. The third kappa shape index (κ3) is 3.43. The fraction of sp³-hybridized carbons (Fsp3) is 0.267. The van der Waals surface area contributed by atoms with E-state index in [4.69, 9.17) is 5.11 Å². The number of aryl methyl sites for hydroxylation is 2. The molecule has 25 heavy (non-hydrogen) atoms. The summed E-state index contributed by atoms with van der Waals surface area (Å²) in [6, 6.07) is -0.846. The van der Waals surface area contributed by atoms with Gasteiger partial charge in [0.2, 0.25) is 0 Å². The van der Waals surface area contributed by atoms with Crippen LogP contribution in [0.1, 0.15) is 29.0 Å². The van der Waals surface area contributed by atoms with Crippen molar-refractivity contribution in [1.82, 2.24) is 24.5 Å². The normalized spacial score (nSPS) is 12.1. The number of carbonyl (C=O) groups excluding carboxylic acids is 1. The molecule has 1 amide bonds. The summed E-state index contributed by atoms with van der Waals surface area (Å²) in [5.74, 6) is -1.42. The van der Waals surface area contributed by atoms with Crippen LogP contribution in [0.4, 0.5) is 5.13 Å². The van der Waals surface area contributed by atoms with E-state index in [9.17, 15) is 9.59 Å². The molecular formula is C15H16N6O3S. The molecule has 3 aromatic heterocycles. The molecule has 3 heterocycles. The van der Waals surface area contributed by atoms with Crippen molar-refractivity contribution in [3.63, 3.8) is 0 Å². The predicted octanol–water partition coefficient (Wildman–Crippen LogP) is 1.95. The summed E-state index contributed by atoms with van der Waals surface area (Å²) in [5.41, 5.74) is 2.76. The molecule has 0 aliphatic heterocycles. The third-order valence-corrected chi connectivity index (χ3v) is 4.39. The van der Waals surface area contributed by atoms with E-state index in [2.05, 4.69) is 20.5 Å². The first-order valence-electron chi connectivity index (χ1n) is 7.39. The number of aliphatic carboxylic acids is 1. The van der Waals surface area contributed by atoms with Crippen molar-refractivity contribution >= 4 is 28.3 Å². The van der Waals surface area contributed by atoms with E-state index in [0.29, 0.717) is 5.13 Å². The number of carboxylic acids is 1. The second-order valence-electron chi connectivity index (χ2n) is 5.52. The van der Waals surface area contributed by atoms with Gasteiger partial charge in [0, 0.05) is 30.4 Å². The Kier molecular flexibility index (Phi) is 4.36. The molecule has 0 aromatic carbocycles. The Balaban J connectivity index is 1.74. The van der Waals surface area contributed by atoms with Gasteiger partial charge in [-0.25, -0.2) is 9.78 Å². The lowest BCUT2D eigenvalue weighted by atomic mass is 10.2. The number of amides is 1. The van der Waals surface area contributed by atoms with Gasteiger partial charge in [0.15, 0.2) is 5.13 Å². The van der Waals surface area contributed by atoms with Gasteiger partial charge in [-0.2, -0.15) is 10.2 Å². The zero-order valence-corrected chi connectivity index (χ0v) is 14.6. The van der Waals surface area contributed by atoms with E-state index < -0.39 is 17.9 Å². The summed E-state index contributed by atoms with van der Waals surface area (Å²) >= 11 is 1.30. The third-order valence-electron chi connectivity index (χ3n) is 3.63. The maximum absolute atomic E-state index is 12.3. The summed E-state index contributed by atoms with van der Waals surface area (Å²) in [6.45, 7) is 3.38. The first kappa shape index (κ1) is 16.8. The summed E-state index contributed by atoms with van der Waals surface area (Å²) in [4.78, 5) is 27.6. The summed E-state index contributed by atoms with van der Waals surface area (Å²) < 4.78 is 2.93. The fourth-order valence-electron chi connectivity index (χ4n) is 2.26. The van der Waals surface area contributed by atoms with Gasteiger partial charge in [0.1, 0.15) is 6.04 Å². The standard InChI is InChI=1S/C15H16N6O3S/c1-8-11(6-20(3)19-8)12-7-25-15(17-12)18-13(22)10-4-16-21(5-10)9(2)14(23)24/h4-7,9H,1-3H3,(H,23,24)(H,17,18,22). The minimum Gasteiger partial charge on any atom is -0.480 e. The van der Waals surface area contributed by atoms with Crippen LogP contribution in [0, 0.1) is 6.92 Å². The number of anilines is 1. The van der Waals surface area contributed by atoms with Crippen LogP contribution in [-0.4, -0.2) is 41.5 Å². The van der Waals surface area contributed by atoms with Gasteiger partial charge in [-0.1, -0.05) is 0 Å². The van der Waals surface area contributed by atoms with Crippen LogP contribution in [0.3, 0.4) is 0 Å². The van der Waals surface area contributed by atoms with Crippen LogP contribution >= 0.6 is 11.3 Å². The van der Waals surface area contributed by atoms with Gasteiger partial charge in [-0.15, -0.1) is 11.3 Å². The molecule has 0 spiro atoms. The van der Waals surface area contributed by atoms with Crippen LogP contribution < -0.4 is 5.32 Å². The number of nitrogens with zero attached hydrogens (tertiary/aromatic N) is 5. The van der Waals surface area contributed by atoms with E-state index in [1.54, 1.807) is 4.68 Å². The van der Waals surface area contributed by atoms with E-state index in [1.807, 2.05) is 25.5 Å². The highest BCUT2D eigenvalue weighted by Gasteiger charge is 2.18. The molecule has 1 atom stereocenters. The van der Waals surface area contributed by atoms with Gasteiger partial charge < -0.3 is 5.11 Å². The van der Waals surface area contributed by atoms with Crippen LogP contribution in [0.5, 0.6) is 0 Å². The second-order valence-corrected chi connectivity index (χ2v) is 6.38. The fourth-order valence-corrected chi connectivity index (χ4v) is 2.96. The minimum atomic E-state index is -1.02. The molecule has 3 rings (SSSR count). The Morgan fingerprint density at radius 2 is 2.12 bits per heavy atom. The molecule has 0 aliphatic rings. The Hall–Kier alpha value is -3.01. The number of aromatic nitrogens is 5. The molecule has 0 radical (unpaired) electrons. The Labute approximate surface area is 146 Å². The molecule has 130 valence electrons. The lowest BCUT2D eigenvalue weighted by molar-refractivity contribution is -0.140. The zero-order chi connectivity index (χ0) is 18.1. The van der Waals surface area contributed by atoms with Crippen LogP contribution in [0.25, 0.3) is 11.3 Å². The van der Waals surface area contributed by atoms with Gasteiger partial charge in [0.25, 0.3) is 5.91 Å². The van der Waals surface area contributed by atoms with Crippen molar-refractivity contribution in [1.29, 1.82) is 0 Å². The van der Waals surface area contributed by atoms with Crippen molar-refractivity contribution in [3.05, 3.63) is 35.2 Å². The predicted molar refractivity (Wildman–Crippen MR) is 91.6 cm³/mol. The van der Waals surface area contributed by atoms with Crippen molar-refractivity contribution in [2.24, 2.45) is 7.05 Å². The first-order chi connectivity index (χ1) is 11.8. The second kappa shape index (κ2) is 6.48. The quantitative estimate of drug-likeness (QED) is 0.718. The highest BCUT2D eigenvalue weighted by atomic mass is 32.1. The Morgan fingerprint density at radius 1 is 1.36 bits per heavy atom. The van der Waals surface area contributed by atoms with Crippen molar-refractivity contribution < 1.29 is 14.7 Å². The number of hydrogen-bond donors (Lipinski definition) is 2. The number of carboxylic acid groups (broad SMARTS) is 1. The van der Waals surface area contributed by atoms with Crippen LogP contribution in [0.2, 0.25) is 0 Å². The van der Waals surface area contributed by atoms with Gasteiger partial charge in [-0.05, 0) is 13.8 Å². The number of hydrogen-bond acceptors (Lipinski definition) is 6. The van der Waals surface area contributed by atoms with Crippen LogP contribution in [-0.2, 0) is 11.8 Å². The molecule has 0 saturated heterocycles. The molecule has 0 aliphatic carbocycles. The number of thiazole rings is 1. The highest BCUT2D eigenvalue weighted by Crippen LogP contribution is 2.27. The maximum atomic E-state index is 12.3. The average molecular weight is 360 g/mol. The molecule has 0 saturated carbocycles. The number of nitrogens with one attached hydrogen (secondary N) is 1. The van der Waals surface area contributed by atoms with Crippen LogP contribution in [0.15, 0.2) is 24.0 Å². The van der Waals surface area contributed by atoms with Gasteiger partial charge in [-0.3, -0.25) is 19.5 Å². The van der Waals surface area contributed by atoms with E-state index >= 15 is 0 Å². The van der Waals surface area contributed by atoms with E-state index in [-0.39, 0.29) is 5.56 Å². The molecule has 0 bridgehead atoms. The molecule has 0 fully saturated rings. The molecule has 3 aromatic rings. The van der Waals surface area contributed by atoms with Crippen molar-refractivity contribution in [2.45, 2.75) is 19.9 Å². The molecular weight excluding hydrogens is 344 g/mol. The van der Waals surface area contributed by atoms with Gasteiger partial charge >= 0.3 is 5.97 Å². The summed E-state index contributed by atoms with van der Waals surface area (Å²) in [7, 11) is 1.83. The monoisotopic (exact) mass is 360 g/mol. The largest absolute Gasteiger partial charge is 0.480 e. The Morgan fingerprint density at radius 3 is 2.76 bits per heavy atom. The lowest BCUT2D eigenvalue weighted by Gasteiger charge is -2.05. The smallest absolute Gasteiger partial charge is 0.328 e. The summed E-state index contributed by atoms with van der Waals surface area (Å²) in [5, 5.41) is 22.2. The van der Waals surface area contributed by atoms with Crippen molar-refractivity contribution in [2.75, 3.05) is 5.32 Å². The Bertz CT molecular complexity index is 941. The molecule has 9 nitrogen and oxygen atoms in total. The highest BCUT2D eigenvalue weighted by molar-refractivity contribution is 7.14. The molecule has 1 unspecified atom stereocenters. The first-order valence-corrected chi connectivity index (χ1v) is 8.27. The van der Waals surface area contributed by atoms with E-state index in [1.165, 1.54) is 35.3 Å². The SMILES string of the molecule is Cc1nn(C)cc1-c1csc(NC(=O)c2cnn(C(C)C(=O)O)c2)n1. The molecule has 10 heteroatoms. The number of rotatable bonds is 5. The lowest BCUT2D eigenvalue weighted by Crippen LogP contribution is -2.16. The molecule has 2 N–H and O–H groups in total.